The fourth-order valence-corrected chi connectivity index (χ4v) is 4.67. The van der Waals surface area contributed by atoms with Crippen LogP contribution in [0, 0.1) is 0 Å². The van der Waals surface area contributed by atoms with Crippen LogP contribution in [0.1, 0.15) is 36.2 Å². The lowest BCUT2D eigenvalue weighted by Crippen LogP contribution is -2.32. The Morgan fingerprint density at radius 1 is 1.23 bits per heavy atom. The second kappa shape index (κ2) is 7.40. The van der Waals surface area contributed by atoms with Crippen molar-refractivity contribution in [1.82, 2.24) is 5.32 Å². The van der Waals surface area contributed by atoms with Gasteiger partial charge in [0.1, 0.15) is 0 Å². The molecule has 1 atom stereocenters. The van der Waals surface area contributed by atoms with Gasteiger partial charge in [-0.25, -0.2) is 8.42 Å². The maximum atomic E-state index is 12.9. The van der Waals surface area contributed by atoms with Crippen LogP contribution in [0.3, 0.4) is 0 Å². The third-order valence-electron chi connectivity index (χ3n) is 4.59. The van der Waals surface area contributed by atoms with E-state index in [0.717, 1.165) is 16.5 Å². The molecular weight excluding hydrogens is 416 g/mol. The molecule has 0 saturated carbocycles. The van der Waals surface area contributed by atoms with E-state index in [0.29, 0.717) is 24.2 Å². The van der Waals surface area contributed by atoms with E-state index in [9.17, 15) is 13.2 Å². The highest BCUT2D eigenvalue weighted by Crippen LogP contribution is 2.33. The van der Waals surface area contributed by atoms with E-state index in [1.807, 2.05) is 13.8 Å². The van der Waals surface area contributed by atoms with Crippen LogP contribution < -0.4 is 9.62 Å². The quantitative estimate of drug-likeness (QED) is 0.776. The minimum absolute atomic E-state index is 0.102. The molecule has 0 aliphatic carbocycles. The summed E-state index contributed by atoms with van der Waals surface area (Å²) in [6.07, 6.45) is 1.45. The summed E-state index contributed by atoms with van der Waals surface area (Å²) in [5, 5.41) is 2.93. The average Bonchev–Trinajstić information content (AvgIpc) is 3.05. The van der Waals surface area contributed by atoms with Crippen molar-refractivity contribution in [1.29, 1.82) is 0 Å². The summed E-state index contributed by atoms with van der Waals surface area (Å²) in [7, 11) is -3.61. The van der Waals surface area contributed by atoms with Gasteiger partial charge in [-0.1, -0.05) is 22.9 Å². The molecule has 2 aromatic rings. The van der Waals surface area contributed by atoms with Crippen LogP contribution in [0.4, 0.5) is 5.69 Å². The summed E-state index contributed by atoms with van der Waals surface area (Å²) >= 11 is 3.32. The molecule has 1 aliphatic heterocycles. The zero-order valence-electron chi connectivity index (χ0n) is 14.7. The average molecular weight is 437 g/mol. The van der Waals surface area contributed by atoms with E-state index in [4.69, 9.17) is 0 Å². The van der Waals surface area contributed by atoms with Crippen molar-refractivity contribution in [2.24, 2.45) is 0 Å². The van der Waals surface area contributed by atoms with Crippen molar-refractivity contribution < 1.29 is 13.2 Å². The molecule has 1 N–H and O–H groups in total. The molecule has 0 unspecified atom stereocenters. The van der Waals surface area contributed by atoms with Crippen LogP contribution in [0.25, 0.3) is 0 Å². The van der Waals surface area contributed by atoms with E-state index in [1.54, 1.807) is 42.5 Å². The van der Waals surface area contributed by atoms with Crippen LogP contribution in [-0.2, 0) is 16.4 Å². The first-order valence-corrected chi connectivity index (χ1v) is 10.8. The molecule has 5 nitrogen and oxygen atoms in total. The lowest BCUT2D eigenvalue weighted by molar-refractivity contribution is 0.0939. The number of halogens is 1. The van der Waals surface area contributed by atoms with Gasteiger partial charge in [0.05, 0.1) is 10.6 Å². The Labute approximate surface area is 162 Å². The number of rotatable bonds is 5. The molecule has 2 aromatic carbocycles. The van der Waals surface area contributed by atoms with Gasteiger partial charge in [-0.2, -0.15) is 0 Å². The van der Waals surface area contributed by atoms with E-state index in [-0.39, 0.29) is 16.8 Å². The number of anilines is 1. The van der Waals surface area contributed by atoms with Gasteiger partial charge in [0.15, 0.2) is 0 Å². The zero-order chi connectivity index (χ0) is 18.9. The topological polar surface area (TPSA) is 66.5 Å². The number of nitrogens with zero attached hydrogens (tertiary/aromatic N) is 1. The smallest absolute Gasteiger partial charge is 0.264 e. The molecule has 3 rings (SSSR count). The second-order valence-corrected chi connectivity index (χ2v) is 9.19. The Morgan fingerprint density at radius 3 is 2.58 bits per heavy atom. The van der Waals surface area contributed by atoms with Crippen molar-refractivity contribution in [3.8, 4) is 0 Å². The highest BCUT2D eigenvalue weighted by molar-refractivity contribution is 9.10. The second-order valence-electron chi connectivity index (χ2n) is 6.41. The van der Waals surface area contributed by atoms with Crippen LogP contribution in [-0.4, -0.2) is 26.9 Å². The Morgan fingerprint density at radius 2 is 1.92 bits per heavy atom. The first kappa shape index (κ1) is 18.9. The lowest BCUT2D eigenvalue weighted by atomic mass is 10.1. The summed E-state index contributed by atoms with van der Waals surface area (Å²) in [5.41, 5.74) is 2.09. The summed E-state index contributed by atoms with van der Waals surface area (Å²) in [4.78, 5) is 12.6. The Kier molecular flexibility index (Phi) is 5.39. The number of hydrogen-bond acceptors (Lipinski definition) is 3. The number of fused-ring (bicyclic) bond motifs is 1. The summed E-state index contributed by atoms with van der Waals surface area (Å²) in [6, 6.07) is 11.9. The Bertz CT molecular complexity index is 926. The first-order valence-electron chi connectivity index (χ1n) is 8.55. The monoisotopic (exact) mass is 436 g/mol. The molecule has 0 aromatic heterocycles. The SMILES string of the molecule is CC[C@@H](C)NC(=O)c1ccc2c(c1)CCN2S(=O)(=O)c1ccc(Br)cc1. The van der Waals surface area contributed by atoms with Gasteiger partial charge in [0.2, 0.25) is 0 Å². The number of carbonyl (C=O) groups excluding carboxylic acids is 1. The number of sulfonamides is 1. The minimum Gasteiger partial charge on any atom is -0.350 e. The van der Waals surface area contributed by atoms with Gasteiger partial charge in [0.25, 0.3) is 15.9 Å². The van der Waals surface area contributed by atoms with Gasteiger partial charge in [-0.15, -0.1) is 0 Å². The van der Waals surface area contributed by atoms with Crippen LogP contribution in [0.2, 0.25) is 0 Å². The molecule has 7 heteroatoms. The third-order valence-corrected chi connectivity index (χ3v) is 6.94. The van der Waals surface area contributed by atoms with E-state index in [2.05, 4.69) is 21.2 Å². The van der Waals surface area contributed by atoms with Crippen LogP contribution in [0.5, 0.6) is 0 Å². The number of hydrogen-bond donors (Lipinski definition) is 1. The predicted octanol–water partition coefficient (Wildman–Crippen LogP) is 3.73. The maximum absolute atomic E-state index is 12.9. The molecule has 0 bridgehead atoms. The highest BCUT2D eigenvalue weighted by atomic mass is 79.9. The molecule has 1 amide bonds. The normalized spacial score (nSPS) is 14.8. The molecule has 0 saturated heterocycles. The predicted molar refractivity (Wildman–Crippen MR) is 106 cm³/mol. The van der Waals surface area contributed by atoms with E-state index < -0.39 is 10.0 Å². The number of amides is 1. The molecule has 0 radical (unpaired) electrons. The Balaban J connectivity index is 1.88. The van der Waals surface area contributed by atoms with Gasteiger partial charge < -0.3 is 5.32 Å². The number of carbonyl (C=O) groups is 1. The number of nitrogens with one attached hydrogen (secondary N) is 1. The van der Waals surface area contributed by atoms with E-state index >= 15 is 0 Å². The maximum Gasteiger partial charge on any atom is 0.264 e. The third kappa shape index (κ3) is 3.64. The molecular formula is C19H21BrN2O3S. The van der Waals surface area contributed by atoms with Gasteiger partial charge in [-0.05, 0) is 67.8 Å². The minimum atomic E-state index is -3.61. The molecule has 0 fully saturated rings. The summed E-state index contributed by atoms with van der Waals surface area (Å²) in [6.45, 7) is 4.35. The van der Waals surface area contributed by atoms with Crippen molar-refractivity contribution in [3.63, 3.8) is 0 Å². The van der Waals surface area contributed by atoms with E-state index in [1.165, 1.54) is 4.31 Å². The van der Waals surface area contributed by atoms with Crippen LogP contribution >= 0.6 is 15.9 Å². The largest absolute Gasteiger partial charge is 0.350 e. The fourth-order valence-electron chi connectivity index (χ4n) is 2.91. The molecule has 0 spiro atoms. The van der Waals surface area contributed by atoms with Gasteiger partial charge in [-0.3, -0.25) is 9.10 Å². The zero-order valence-corrected chi connectivity index (χ0v) is 17.1. The van der Waals surface area contributed by atoms with Gasteiger partial charge in [0, 0.05) is 22.6 Å². The lowest BCUT2D eigenvalue weighted by Gasteiger charge is -2.20. The highest BCUT2D eigenvalue weighted by Gasteiger charge is 2.31. The summed E-state index contributed by atoms with van der Waals surface area (Å²) < 4.78 is 28.1. The van der Waals surface area contributed by atoms with Crippen molar-refractivity contribution in [2.75, 3.05) is 10.8 Å². The van der Waals surface area contributed by atoms with Gasteiger partial charge >= 0.3 is 0 Å². The van der Waals surface area contributed by atoms with Crippen LogP contribution in [0.15, 0.2) is 51.8 Å². The molecule has 1 heterocycles. The van der Waals surface area contributed by atoms with Crippen molar-refractivity contribution in [2.45, 2.75) is 37.6 Å². The summed E-state index contributed by atoms with van der Waals surface area (Å²) in [5.74, 6) is -0.128. The molecule has 1 aliphatic rings. The first-order chi connectivity index (χ1) is 12.3. The Hall–Kier alpha value is -1.86. The van der Waals surface area contributed by atoms with Crippen molar-refractivity contribution >= 4 is 37.5 Å². The van der Waals surface area contributed by atoms with Crippen molar-refractivity contribution in [3.05, 3.63) is 58.1 Å². The number of benzene rings is 2. The standard InChI is InChI=1S/C19H21BrN2O3S/c1-3-13(2)21-19(23)15-4-9-18-14(12-15)10-11-22(18)26(24,25)17-7-5-16(20)6-8-17/h4-9,12-13H,3,10-11H2,1-2H3,(H,21,23)/t13-/m1/s1. The fraction of sp³-hybridized carbons (Fsp3) is 0.316. The molecule has 26 heavy (non-hydrogen) atoms. The molecule has 138 valence electrons.